The quantitative estimate of drug-likeness (QED) is 0.820. The summed E-state index contributed by atoms with van der Waals surface area (Å²) in [4.78, 5) is 24.7. The highest BCUT2D eigenvalue weighted by molar-refractivity contribution is 7.18. The second-order valence-electron chi connectivity index (χ2n) is 4.70. The molecule has 2 aromatic rings. The first-order chi connectivity index (χ1) is 11.0. The molecule has 0 atom stereocenters. The predicted molar refractivity (Wildman–Crippen MR) is 90.4 cm³/mol. The van der Waals surface area contributed by atoms with E-state index >= 15 is 0 Å². The van der Waals surface area contributed by atoms with E-state index in [0.717, 1.165) is 11.3 Å². The van der Waals surface area contributed by atoms with E-state index in [9.17, 15) is 9.59 Å². The molecule has 0 spiro atoms. The average Bonchev–Trinajstić information content (AvgIpc) is 2.83. The number of methoxy groups -OCH3 is 1. The lowest BCUT2D eigenvalue weighted by atomic mass is 10.1. The minimum absolute atomic E-state index is 0.267. The zero-order chi connectivity index (χ0) is 17.0. The summed E-state index contributed by atoms with van der Waals surface area (Å²) in [5, 5.41) is 3.04. The summed E-state index contributed by atoms with van der Waals surface area (Å²) in [7, 11) is 1.57. The molecule has 1 heterocycles. The van der Waals surface area contributed by atoms with Crippen LogP contribution in [0.1, 0.15) is 32.5 Å². The Morgan fingerprint density at radius 2 is 1.91 bits per heavy atom. The van der Waals surface area contributed by atoms with Crippen LogP contribution < -0.4 is 15.8 Å². The zero-order valence-electron chi connectivity index (χ0n) is 13.1. The van der Waals surface area contributed by atoms with E-state index in [1.54, 1.807) is 45.2 Å². The van der Waals surface area contributed by atoms with Crippen molar-refractivity contribution >= 4 is 33.9 Å². The van der Waals surface area contributed by atoms with E-state index in [1.165, 1.54) is 0 Å². The molecule has 0 saturated carbocycles. The molecular weight excluding hydrogens is 316 g/mol. The number of esters is 1. The van der Waals surface area contributed by atoms with Crippen molar-refractivity contribution in [2.24, 2.45) is 0 Å². The van der Waals surface area contributed by atoms with Crippen LogP contribution in [0.25, 0.3) is 0 Å². The molecule has 1 aromatic heterocycles. The first kappa shape index (κ1) is 16.8. The summed E-state index contributed by atoms with van der Waals surface area (Å²) in [5.74, 6) is -0.138. The van der Waals surface area contributed by atoms with Gasteiger partial charge in [-0.25, -0.2) is 4.79 Å². The van der Waals surface area contributed by atoms with Gasteiger partial charge in [0.05, 0.1) is 24.3 Å². The molecule has 0 aliphatic heterocycles. The van der Waals surface area contributed by atoms with E-state index in [4.69, 9.17) is 15.2 Å². The number of carbonyl (C=O) groups excluding carboxylic acids is 2. The number of hydrogen-bond acceptors (Lipinski definition) is 6. The first-order valence-electron chi connectivity index (χ1n) is 6.99. The van der Waals surface area contributed by atoms with Gasteiger partial charge in [-0.1, -0.05) is 0 Å². The number of hydrogen-bond donors (Lipinski definition) is 2. The summed E-state index contributed by atoms with van der Waals surface area (Å²) >= 11 is 1.06. The van der Waals surface area contributed by atoms with Gasteiger partial charge in [-0.2, -0.15) is 0 Å². The molecular formula is C16H18N2O4S. The number of amides is 1. The number of carbonyl (C=O) groups is 2. The molecule has 122 valence electrons. The van der Waals surface area contributed by atoms with Crippen molar-refractivity contribution in [3.05, 3.63) is 40.3 Å². The number of ether oxygens (including phenoxy) is 2. The second-order valence-corrected chi connectivity index (χ2v) is 5.75. The van der Waals surface area contributed by atoms with Crippen molar-refractivity contribution in [1.82, 2.24) is 0 Å². The topological polar surface area (TPSA) is 90.7 Å². The van der Waals surface area contributed by atoms with Crippen molar-refractivity contribution in [3.8, 4) is 5.75 Å². The SMILES string of the molecule is CCOC(=O)c1sc(N)c(C(=O)Nc2ccc(OC)cc2)c1C. The molecule has 1 aromatic carbocycles. The standard InChI is InChI=1S/C16H18N2O4S/c1-4-22-16(20)13-9(2)12(14(17)23-13)15(19)18-10-5-7-11(21-3)8-6-10/h5-8H,4,17H2,1-3H3,(H,18,19). The van der Waals surface area contributed by atoms with Crippen LogP contribution in [-0.4, -0.2) is 25.6 Å². The van der Waals surface area contributed by atoms with E-state index < -0.39 is 5.97 Å². The van der Waals surface area contributed by atoms with Crippen molar-refractivity contribution in [3.63, 3.8) is 0 Å². The minimum atomic E-state index is -0.467. The van der Waals surface area contributed by atoms with Crippen LogP contribution in [0.4, 0.5) is 10.7 Å². The van der Waals surface area contributed by atoms with Gasteiger partial charge in [0.15, 0.2) is 0 Å². The van der Waals surface area contributed by atoms with Gasteiger partial charge in [-0.3, -0.25) is 4.79 Å². The van der Waals surface area contributed by atoms with Crippen LogP contribution in [0.5, 0.6) is 5.75 Å². The Balaban J connectivity index is 2.23. The van der Waals surface area contributed by atoms with Gasteiger partial charge in [0.25, 0.3) is 5.91 Å². The molecule has 0 saturated heterocycles. The second kappa shape index (κ2) is 7.15. The van der Waals surface area contributed by atoms with E-state index in [1.807, 2.05) is 0 Å². The highest BCUT2D eigenvalue weighted by atomic mass is 32.1. The van der Waals surface area contributed by atoms with Crippen molar-refractivity contribution < 1.29 is 19.1 Å². The Morgan fingerprint density at radius 1 is 1.26 bits per heavy atom. The molecule has 3 N–H and O–H groups in total. The fraction of sp³-hybridized carbons (Fsp3) is 0.250. The molecule has 1 amide bonds. The van der Waals surface area contributed by atoms with Gasteiger partial charge in [0.1, 0.15) is 10.6 Å². The van der Waals surface area contributed by atoms with Crippen LogP contribution in [-0.2, 0) is 4.74 Å². The Labute approximate surface area is 138 Å². The zero-order valence-corrected chi connectivity index (χ0v) is 14.0. The monoisotopic (exact) mass is 334 g/mol. The molecule has 6 nitrogen and oxygen atoms in total. The molecule has 0 unspecified atom stereocenters. The number of nitrogen functional groups attached to an aromatic ring is 1. The lowest BCUT2D eigenvalue weighted by Crippen LogP contribution is -2.14. The Morgan fingerprint density at radius 3 is 2.48 bits per heavy atom. The molecule has 2 rings (SSSR count). The summed E-state index contributed by atoms with van der Waals surface area (Å²) in [5.41, 5.74) is 7.34. The van der Waals surface area contributed by atoms with Gasteiger partial charge in [0, 0.05) is 5.69 Å². The fourth-order valence-corrected chi connectivity index (χ4v) is 3.04. The third kappa shape index (κ3) is 3.62. The van der Waals surface area contributed by atoms with Crippen molar-refractivity contribution in [2.75, 3.05) is 24.8 Å². The Bertz CT molecular complexity index is 722. The molecule has 7 heteroatoms. The first-order valence-corrected chi connectivity index (χ1v) is 7.81. The average molecular weight is 334 g/mol. The normalized spacial score (nSPS) is 10.2. The van der Waals surface area contributed by atoms with Crippen molar-refractivity contribution in [2.45, 2.75) is 13.8 Å². The van der Waals surface area contributed by atoms with Gasteiger partial charge >= 0.3 is 5.97 Å². The van der Waals surface area contributed by atoms with Gasteiger partial charge < -0.3 is 20.5 Å². The Kier molecular flexibility index (Phi) is 5.23. The molecule has 0 bridgehead atoms. The maximum absolute atomic E-state index is 12.4. The van der Waals surface area contributed by atoms with Crippen LogP contribution in [0.15, 0.2) is 24.3 Å². The highest BCUT2D eigenvalue weighted by Crippen LogP contribution is 2.31. The Hall–Kier alpha value is -2.54. The number of nitrogens with one attached hydrogen (secondary N) is 1. The predicted octanol–water partition coefficient (Wildman–Crippen LogP) is 3.08. The van der Waals surface area contributed by atoms with Crippen LogP contribution in [0, 0.1) is 6.92 Å². The maximum Gasteiger partial charge on any atom is 0.348 e. The summed E-state index contributed by atoms with van der Waals surface area (Å²) in [6.07, 6.45) is 0. The van der Waals surface area contributed by atoms with Crippen LogP contribution in [0.2, 0.25) is 0 Å². The molecule has 0 radical (unpaired) electrons. The van der Waals surface area contributed by atoms with E-state index in [2.05, 4.69) is 5.32 Å². The number of thiophene rings is 1. The number of anilines is 2. The van der Waals surface area contributed by atoms with Crippen LogP contribution >= 0.6 is 11.3 Å². The number of rotatable bonds is 5. The molecule has 0 aliphatic carbocycles. The summed E-state index contributed by atoms with van der Waals surface area (Å²) in [6.45, 7) is 3.67. The summed E-state index contributed by atoms with van der Waals surface area (Å²) < 4.78 is 10.0. The fourth-order valence-electron chi connectivity index (χ4n) is 2.08. The largest absolute Gasteiger partial charge is 0.497 e. The molecule has 0 fully saturated rings. The molecule has 0 aliphatic rings. The highest BCUT2D eigenvalue weighted by Gasteiger charge is 2.24. The maximum atomic E-state index is 12.4. The van der Waals surface area contributed by atoms with Gasteiger partial charge in [-0.05, 0) is 43.7 Å². The number of benzene rings is 1. The number of nitrogens with two attached hydrogens (primary N) is 1. The molecule has 23 heavy (non-hydrogen) atoms. The van der Waals surface area contributed by atoms with E-state index in [0.29, 0.717) is 27.4 Å². The van der Waals surface area contributed by atoms with Crippen molar-refractivity contribution in [1.29, 1.82) is 0 Å². The lowest BCUT2D eigenvalue weighted by molar-refractivity contribution is 0.0531. The van der Waals surface area contributed by atoms with Gasteiger partial charge in [-0.15, -0.1) is 11.3 Å². The third-order valence-electron chi connectivity index (χ3n) is 3.21. The third-order valence-corrected chi connectivity index (χ3v) is 4.31. The summed E-state index contributed by atoms with van der Waals surface area (Å²) in [6, 6.07) is 6.93. The lowest BCUT2D eigenvalue weighted by Gasteiger charge is -2.07. The minimum Gasteiger partial charge on any atom is -0.497 e. The smallest absolute Gasteiger partial charge is 0.348 e. The van der Waals surface area contributed by atoms with E-state index in [-0.39, 0.29) is 17.5 Å². The van der Waals surface area contributed by atoms with Gasteiger partial charge in [0.2, 0.25) is 0 Å². The van der Waals surface area contributed by atoms with Crippen LogP contribution in [0.3, 0.4) is 0 Å².